The summed E-state index contributed by atoms with van der Waals surface area (Å²) in [7, 11) is 2.67. The van der Waals surface area contributed by atoms with Crippen molar-refractivity contribution in [2.75, 3.05) is 27.3 Å². The molecule has 3 fully saturated rings. The van der Waals surface area contributed by atoms with Crippen molar-refractivity contribution in [2.45, 2.75) is 37.9 Å². The molecule has 5 atom stereocenters. The van der Waals surface area contributed by atoms with Crippen molar-refractivity contribution in [3.63, 3.8) is 0 Å². The van der Waals surface area contributed by atoms with Crippen molar-refractivity contribution in [1.29, 1.82) is 0 Å². The highest BCUT2D eigenvalue weighted by Crippen LogP contribution is 2.45. The lowest BCUT2D eigenvalue weighted by Gasteiger charge is -2.26. The standard InChI is InChI=1S/C14H21NO6/c1-14(2)20-8-6-15-5-7(12(16)18-3)9(13(17)19-4)10(15)11(8)21-14/h7-11H,5-6H2,1-4H3/t7-,8+,9-,10-,11+/m0/s1. The second-order valence-electron chi connectivity index (χ2n) is 6.26. The monoisotopic (exact) mass is 299 g/mol. The first-order valence-electron chi connectivity index (χ1n) is 7.13. The molecular formula is C14H21NO6. The third kappa shape index (κ3) is 2.23. The van der Waals surface area contributed by atoms with Gasteiger partial charge in [-0.05, 0) is 13.8 Å². The summed E-state index contributed by atoms with van der Waals surface area (Å²) in [5.41, 5.74) is 0. The molecule has 3 rings (SSSR count). The number of fused-ring (bicyclic) bond motifs is 3. The van der Waals surface area contributed by atoms with E-state index in [0.717, 1.165) is 0 Å². The average Bonchev–Trinajstić information content (AvgIpc) is 3.02. The summed E-state index contributed by atoms with van der Waals surface area (Å²) in [5.74, 6) is -2.53. The van der Waals surface area contributed by atoms with Crippen LogP contribution in [0.25, 0.3) is 0 Å². The molecule has 3 aliphatic rings. The van der Waals surface area contributed by atoms with Gasteiger partial charge in [0.05, 0.1) is 32.1 Å². The Kier molecular flexibility index (Phi) is 3.46. The molecule has 3 heterocycles. The van der Waals surface area contributed by atoms with Crippen LogP contribution in [0.3, 0.4) is 0 Å². The third-order valence-corrected chi connectivity index (χ3v) is 4.60. The van der Waals surface area contributed by atoms with Gasteiger partial charge in [-0.1, -0.05) is 0 Å². The fourth-order valence-electron chi connectivity index (χ4n) is 3.90. The summed E-state index contributed by atoms with van der Waals surface area (Å²) in [6.07, 6.45) is -0.297. The van der Waals surface area contributed by atoms with Crippen LogP contribution >= 0.6 is 0 Å². The Hall–Kier alpha value is -1.18. The number of methoxy groups -OCH3 is 2. The highest BCUT2D eigenvalue weighted by Gasteiger charge is 2.62. The molecule has 0 spiro atoms. The van der Waals surface area contributed by atoms with Gasteiger partial charge in [0, 0.05) is 13.1 Å². The Morgan fingerprint density at radius 3 is 2.38 bits per heavy atom. The molecule has 118 valence electrons. The van der Waals surface area contributed by atoms with E-state index < -0.39 is 23.6 Å². The number of hydrogen-bond donors (Lipinski definition) is 0. The Balaban J connectivity index is 1.88. The predicted molar refractivity (Wildman–Crippen MR) is 70.2 cm³/mol. The highest BCUT2D eigenvalue weighted by atomic mass is 16.8. The van der Waals surface area contributed by atoms with Crippen LogP contribution in [-0.4, -0.2) is 68.2 Å². The summed E-state index contributed by atoms with van der Waals surface area (Å²) in [6, 6.07) is -0.201. The van der Waals surface area contributed by atoms with E-state index in [4.69, 9.17) is 18.9 Å². The van der Waals surface area contributed by atoms with Gasteiger partial charge in [-0.25, -0.2) is 0 Å². The van der Waals surface area contributed by atoms with Crippen LogP contribution in [0.4, 0.5) is 0 Å². The lowest BCUT2D eigenvalue weighted by molar-refractivity contribution is -0.166. The van der Waals surface area contributed by atoms with E-state index in [-0.39, 0.29) is 24.2 Å². The lowest BCUT2D eigenvalue weighted by Crippen LogP contribution is -2.42. The fourth-order valence-corrected chi connectivity index (χ4v) is 3.90. The quantitative estimate of drug-likeness (QED) is 0.653. The van der Waals surface area contributed by atoms with Gasteiger partial charge in [-0.15, -0.1) is 0 Å². The minimum Gasteiger partial charge on any atom is -0.469 e. The average molecular weight is 299 g/mol. The van der Waals surface area contributed by atoms with Crippen molar-refractivity contribution in [3.8, 4) is 0 Å². The van der Waals surface area contributed by atoms with Crippen molar-refractivity contribution >= 4 is 11.9 Å². The predicted octanol–water partition coefficient (Wildman–Crippen LogP) is -0.217. The lowest BCUT2D eigenvalue weighted by atomic mass is 9.87. The van der Waals surface area contributed by atoms with Gasteiger partial charge < -0.3 is 18.9 Å². The summed E-state index contributed by atoms with van der Waals surface area (Å²) < 4.78 is 21.5. The molecular weight excluding hydrogens is 278 g/mol. The molecule has 0 unspecified atom stereocenters. The van der Waals surface area contributed by atoms with Crippen molar-refractivity contribution in [3.05, 3.63) is 0 Å². The van der Waals surface area contributed by atoms with Gasteiger partial charge in [-0.3, -0.25) is 14.5 Å². The topological polar surface area (TPSA) is 74.3 Å². The second-order valence-corrected chi connectivity index (χ2v) is 6.26. The molecule has 0 bridgehead atoms. The zero-order valence-electron chi connectivity index (χ0n) is 12.7. The van der Waals surface area contributed by atoms with E-state index in [2.05, 4.69) is 4.90 Å². The van der Waals surface area contributed by atoms with Crippen molar-refractivity contribution in [1.82, 2.24) is 4.90 Å². The van der Waals surface area contributed by atoms with Gasteiger partial charge in [0.2, 0.25) is 0 Å². The van der Waals surface area contributed by atoms with Crippen LogP contribution in [-0.2, 0) is 28.5 Å². The summed E-state index contributed by atoms with van der Waals surface area (Å²) in [5, 5.41) is 0. The molecule has 0 aromatic carbocycles. The van der Waals surface area contributed by atoms with Gasteiger partial charge in [0.15, 0.2) is 5.79 Å². The Morgan fingerprint density at radius 1 is 1.10 bits per heavy atom. The number of nitrogens with zero attached hydrogens (tertiary/aromatic N) is 1. The number of hydrogen-bond acceptors (Lipinski definition) is 7. The van der Waals surface area contributed by atoms with E-state index >= 15 is 0 Å². The largest absolute Gasteiger partial charge is 0.469 e. The summed E-state index contributed by atoms with van der Waals surface area (Å²) in [6.45, 7) is 4.84. The van der Waals surface area contributed by atoms with Crippen molar-refractivity contribution in [2.24, 2.45) is 11.8 Å². The van der Waals surface area contributed by atoms with E-state index in [1.165, 1.54) is 14.2 Å². The molecule has 0 saturated carbocycles. The van der Waals surface area contributed by atoms with Gasteiger partial charge in [0.1, 0.15) is 12.2 Å². The normalized spacial score (nSPS) is 40.7. The fraction of sp³-hybridized carbons (Fsp3) is 0.857. The maximum atomic E-state index is 12.2. The number of rotatable bonds is 2. The van der Waals surface area contributed by atoms with Crippen molar-refractivity contribution < 1.29 is 28.5 Å². The molecule has 0 aromatic rings. The summed E-state index contributed by atoms with van der Waals surface area (Å²) in [4.78, 5) is 26.2. The van der Waals surface area contributed by atoms with E-state index in [1.54, 1.807) is 0 Å². The van der Waals surface area contributed by atoms with E-state index in [1.807, 2.05) is 13.8 Å². The molecule has 7 nitrogen and oxygen atoms in total. The zero-order chi connectivity index (χ0) is 15.4. The van der Waals surface area contributed by atoms with Crippen LogP contribution in [0.1, 0.15) is 13.8 Å². The van der Waals surface area contributed by atoms with E-state index in [9.17, 15) is 9.59 Å². The number of carbonyl (C=O) groups excluding carboxylic acids is 2. The first kappa shape index (κ1) is 14.7. The maximum absolute atomic E-state index is 12.2. The van der Waals surface area contributed by atoms with Gasteiger partial charge in [-0.2, -0.15) is 0 Å². The smallest absolute Gasteiger partial charge is 0.311 e. The Bertz CT molecular complexity index is 464. The SMILES string of the molecule is COC(=O)[C@@H]1[C@H]2[C@@H]3OC(C)(C)O[C@@H]3CN2C[C@@H]1C(=O)OC. The maximum Gasteiger partial charge on any atom is 0.311 e. The second kappa shape index (κ2) is 4.93. The third-order valence-electron chi connectivity index (χ3n) is 4.60. The van der Waals surface area contributed by atoms with Crippen LogP contribution in [0.15, 0.2) is 0 Å². The summed E-state index contributed by atoms with van der Waals surface area (Å²) >= 11 is 0. The molecule has 3 aliphatic heterocycles. The molecule has 7 heteroatoms. The van der Waals surface area contributed by atoms with E-state index in [0.29, 0.717) is 13.1 Å². The van der Waals surface area contributed by atoms with Crippen LogP contribution in [0.2, 0.25) is 0 Å². The Morgan fingerprint density at radius 2 is 1.76 bits per heavy atom. The van der Waals surface area contributed by atoms with Gasteiger partial charge in [0.25, 0.3) is 0 Å². The number of ether oxygens (including phenoxy) is 4. The number of esters is 2. The molecule has 0 aromatic heterocycles. The van der Waals surface area contributed by atoms with Crippen LogP contribution in [0, 0.1) is 11.8 Å². The number of carbonyl (C=O) groups is 2. The van der Waals surface area contributed by atoms with Crippen LogP contribution in [0.5, 0.6) is 0 Å². The zero-order valence-corrected chi connectivity index (χ0v) is 12.7. The van der Waals surface area contributed by atoms with Crippen LogP contribution < -0.4 is 0 Å². The first-order chi connectivity index (χ1) is 9.88. The van der Waals surface area contributed by atoms with Gasteiger partial charge >= 0.3 is 11.9 Å². The molecule has 3 saturated heterocycles. The first-order valence-corrected chi connectivity index (χ1v) is 7.13. The highest BCUT2D eigenvalue weighted by molar-refractivity contribution is 5.83. The molecule has 0 radical (unpaired) electrons. The molecule has 0 amide bonds. The molecule has 0 aliphatic carbocycles. The molecule has 0 N–H and O–H groups in total. The Labute approximate surface area is 123 Å². The molecule has 21 heavy (non-hydrogen) atoms. The minimum absolute atomic E-state index is 0.0734. The minimum atomic E-state index is -0.661.